The van der Waals surface area contributed by atoms with Crippen molar-refractivity contribution in [1.82, 2.24) is 5.32 Å². The molecule has 0 unspecified atom stereocenters. The molecule has 0 bridgehead atoms. The van der Waals surface area contributed by atoms with Crippen LogP contribution in [0.4, 0.5) is 0 Å². The molecule has 1 aliphatic rings. The standard InChI is InChI=1S/C11H21NO7/c1-5(14)12-8-6(15)3-11(2,18)19-10(8)9(17)7(16)4-13/h6-10,13,15-18H,3-4H2,1-2H3,(H,12,14)/t6-,7+,8+,9+,10+,11-/m0/s1. The maximum absolute atomic E-state index is 11.1. The van der Waals surface area contributed by atoms with E-state index in [4.69, 9.17) is 9.84 Å². The van der Waals surface area contributed by atoms with Gasteiger partial charge in [-0.15, -0.1) is 0 Å². The second-order valence-electron chi connectivity index (χ2n) is 5.00. The molecule has 0 aromatic rings. The van der Waals surface area contributed by atoms with Gasteiger partial charge in [0.1, 0.15) is 18.3 Å². The van der Waals surface area contributed by atoms with E-state index < -0.39 is 48.8 Å². The van der Waals surface area contributed by atoms with Crippen LogP contribution in [0, 0.1) is 0 Å². The Balaban J connectivity index is 2.93. The topological polar surface area (TPSA) is 139 Å². The predicted octanol–water partition coefficient (Wildman–Crippen LogP) is -2.94. The third kappa shape index (κ3) is 4.10. The van der Waals surface area contributed by atoms with Crippen molar-refractivity contribution in [2.75, 3.05) is 6.61 Å². The predicted molar refractivity (Wildman–Crippen MR) is 62.8 cm³/mol. The minimum atomic E-state index is -1.70. The van der Waals surface area contributed by atoms with Crippen LogP contribution in [0.2, 0.25) is 0 Å². The zero-order valence-corrected chi connectivity index (χ0v) is 10.9. The van der Waals surface area contributed by atoms with Crippen LogP contribution in [0.3, 0.4) is 0 Å². The molecular weight excluding hydrogens is 258 g/mol. The first-order valence-corrected chi connectivity index (χ1v) is 6.00. The minimum absolute atomic E-state index is 0.156. The molecule has 6 atom stereocenters. The first kappa shape index (κ1) is 16.3. The zero-order valence-electron chi connectivity index (χ0n) is 10.9. The molecule has 0 aromatic heterocycles. The second-order valence-corrected chi connectivity index (χ2v) is 5.00. The van der Waals surface area contributed by atoms with E-state index in [1.807, 2.05) is 0 Å². The van der Waals surface area contributed by atoms with Crippen molar-refractivity contribution >= 4 is 5.91 Å². The van der Waals surface area contributed by atoms with Crippen molar-refractivity contribution in [2.24, 2.45) is 0 Å². The van der Waals surface area contributed by atoms with Crippen LogP contribution in [0.25, 0.3) is 0 Å². The molecule has 1 saturated heterocycles. The SMILES string of the molecule is CC(=O)N[C@H]1[C@H]([C@H](O)[C@H](O)CO)O[C@](C)(O)C[C@@H]1O. The van der Waals surface area contributed by atoms with Crippen molar-refractivity contribution < 1.29 is 35.1 Å². The number of hydrogen-bond donors (Lipinski definition) is 6. The molecule has 1 heterocycles. The van der Waals surface area contributed by atoms with Crippen LogP contribution in [0.1, 0.15) is 20.3 Å². The summed E-state index contributed by atoms with van der Waals surface area (Å²) in [6, 6.07) is -0.992. The quantitative estimate of drug-likeness (QED) is 0.323. The summed E-state index contributed by atoms with van der Waals surface area (Å²) in [4.78, 5) is 11.1. The van der Waals surface area contributed by atoms with E-state index in [9.17, 15) is 25.2 Å². The van der Waals surface area contributed by atoms with Crippen LogP contribution >= 0.6 is 0 Å². The number of nitrogens with one attached hydrogen (secondary N) is 1. The lowest BCUT2D eigenvalue weighted by Crippen LogP contribution is -2.65. The van der Waals surface area contributed by atoms with Gasteiger partial charge in [-0.1, -0.05) is 0 Å². The molecule has 1 aliphatic heterocycles. The van der Waals surface area contributed by atoms with Gasteiger partial charge in [-0.05, 0) is 6.92 Å². The smallest absolute Gasteiger partial charge is 0.217 e. The Morgan fingerprint density at radius 2 is 2.11 bits per heavy atom. The highest BCUT2D eigenvalue weighted by molar-refractivity contribution is 5.73. The van der Waals surface area contributed by atoms with E-state index in [-0.39, 0.29) is 6.42 Å². The molecule has 0 aliphatic carbocycles. The molecule has 0 saturated carbocycles. The largest absolute Gasteiger partial charge is 0.394 e. The Labute approximate surface area is 110 Å². The first-order chi connectivity index (χ1) is 8.68. The van der Waals surface area contributed by atoms with Crippen molar-refractivity contribution in [1.29, 1.82) is 0 Å². The number of ether oxygens (including phenoxy) is 1. The zero-order chi connectivity index (χ0) is 14.8. The number of carbonyl (C=O) groups excluding carboxylic acids is 1. The van der Waals surface area contributed by atoms with Crippen LogP contribution < -0.4 is 5.32 Å². The fourth-order valence-electron chi connectivity index (χ4n) is 2.17. The molecule has 1 fully saturated rings. The van der Waals surface area contributed by atoms with E-state index in [0.717, 1.165) is 0 Å². The van der Waals surface area contributed by atoms with Gasteiger partial charge in [-0.2, -0.15) is 0 Å². The molecular formula is C11H21NO7. The summed E-state index contributed by atoms with van der Waals surface area (Å²) in [6.07, 6.45) is -5.63. The minimum Gasteiger partial charge on any atom is -0.394 e. The average molecular weight is 279 g/mol. The van der Waals surface area contributed by atoms with E-state index in [0.29, 0.717) is 0 Å². The Kier molecular flexibility index (Phi) is 5.25. The first-order valence-electron chi connectivity index (χ1n) is 6.00. The summed E-state index contributed by atoms with van der Waals surface area (Å²) in [5, 5.41) is 50.3. The lowest BCUT2D eigenvalue weighted by molar-refractivity contribution is -0.292. The summed E-state index contributed by atoms with van der Waals surface area (Å²) < 4.78 is 5.20. The van der Waals surface area contributed by atoms with E-state index in [2.05, 4.69) is 5.32 Å². The van der Waals surface area contributed by atoms with Crippen LogP contribution in [-0.2, 0) is 9.53 Å². The molecule has 8 nitrogen and oxygen atoms in total. The molecule has 6 N–H and O–H groups in total. The van der Waals surface area contributed by atoms with Crippen LogP contribution in [0.15, 0.2) is 0 Å². The summed E-state index contributed by atoms with van der Waals surface area (Å²) in [6.45, 7) is 1.81. The summed E-state index contributed by atoms with van der Waals surface area (Å²) >= 11 is 0. The lowest BCUT2D eigenvalue weighted by atomic mass is 9.89. The van der Waals surface area contributed by atoms with Gasteiger partial charge in [0.15, 0.2) is 5.79 Å². The van der Waals surface area contributed by atoms with Crippen LogP contribution in [-0.4, -0.2) is 74.3 Å². The summed E-state index contributed by atoms with van der Waals surface area (Å²) in [7, 11) is 0. The van der Waals surface area contributed by atoms with Gasteiger partial charge in [-0.25, -0.2) is 0 Å². The van der Waals surface area contributed by atoms with Crippen molar-refractivity contribution in [2.45, 2.75) is 56.5 Å². The van der Waals surface area contributed by atoms with Gasteiger partial charge in [-0.3, -0.25) is 4.79 Å². The summed E-state index contributed by atoms with van der Waals surface area (Å²) in [5.41, 5.74) is 0. The summed E-state index contributed by atoms with van der Waals surface area (Å²) in [5.74, 6) is -2.15. The van der Waals surface area contributed by atoms with Crippen molar-refractivity contribution in [3.05, 3.63) is 0 Å². The molecule has 0 aromatic carbocycles. The van der Waals surface area contributed by atoms with E-state index >= 15 is 0 Å². The van der Waals surface area contributed by atoms with Gasteiger partial charge < -0.3 is 35.6 Å². The second kappa shape index (κ2) is 6.12. The molecule has 0 radical (unpaired) electrons. The lowest BCUT2D eigenvalue weighted by Gasteiger charge is -2.45. The Morgan fingerprint density at radius 1 is 1.53 bits per heavy atom. The number of hydrogen-bond acceptors (Lipinski definition) is 7. The number of aliphatic hydroxyl groups excluding tert-OH is 4. The van der Waals surface area contributed by atoms with Gasteiger partial charge in [0.05, 0.1) is 18.8 Å². The number of rotatable bonds is 4. The maximum Gasteiger partial charge on any atom is 0.217 e. The monoisotopic (exact) mass is 279 g/mol. The molecule has 0 spiro atoms. The molecule has 8 heteroatoms. The fraction of sp³-hybridized carbons (Fsp3) is 0.909. The van der Waals surface area contributed by atoms with Crippen LogP contribution in [0.5, 0.6) is 0 Å². The normalized spacial score (nSPS) is 38.6. The van der Waals surface area contributed by atoms with Gasteiger partial charge in [0.2, 0.25) is 5.91 Å². The fourth-order valence-corrected chi connectivity index (χ4v) is 2.17. The third-order valence-corrected chi connectivity index (χ3v) is 3.03. The highest BCUT2D eigenvalue weighted by atomic mass is 16.6. The molecule has 112 valence electrons. The Morgan fingerprint density at radius 3 is 2.58 bits per heavy atom. The third-order valence-electron chi connectivity index (χ3n) is 3.03. The van der Waals surface area contributed by atoms with Gasteiger partial charge in [0, 0.05) is 13.3 Å². The molecule has 19 heavy (non-hydrogen) atoms. The van der Waals surface area contributed by atoms with E-state index in [1.165, 1.54) is 13.8 Å². The number of carbonyl (C=O) groups is 1. The van der Waals surface area contributed by atoms with Gasteiger partial charge >= 0.3 is 0 Å². The highest BCUT2D eigenvalue weighted by Crippen LogP contribution is 2.29. The molecule has 1 amide bonds. The Bertz CT molecular complexity index is 322. The van der Waals surface area contributed by atoms with Crippen molar-refractivity contribution in [3.63, 3.8) is 0 Å². The number of aliphatic hydroxyl groups is 5. The Hall–Kier alpha value is -0.770. The van der Waals surface area contributed by atoms with E-state index in [1.54, 1.807) is 0 Å². The number of amides is 1. The molecule has 1 rings (SSSR count). The maximum atomic E-state index is 11.1. The van der Waals surface area contributed by atoms with Gasteiger partial charge in [0.25, 0.3) is 0 Å². The highest BCUT2D eigenvalue weighted by Gasteiger charge is 2.47. The average Bonchev–Trinajstić information content (AvgIpc) is 2.29. The van der Waals surface area contributed by atoms with Crippen molar-refractivity contribution in [3.8, 4) is 0 Å².